The number of nitrogens with zero attached hydrogens (tertiary/aromatic N) is 1. The minimum atomic E-state index is -1.02. The lowest BCUT2D eigenvalue weighted by molar-refractivity contribution is -0.131. The number of carboxylic acids is 1. The van der Waals surface area contributed by atoms with Crippen molar-refractivity contribution in [2.75, 3.05) is 7.11 Å². The number of ether oxygens (including phenoxy) is 2. The van der Waals surface area contributed by atoms with Crippen LogP contribution in [0.1, 0.15) is 17.0 Å². The number of carbonyl (C=O) groups is 1. The topological polar surface area (TPSA) is 94.9 Å². The van der Waals surface area contributed by atoms with Gasteiger partial charge >= 0.3 is 5.97 Å². The van der Waals surface area contributed by atoms with Gasteiger partial charge in [0.2, 0.25) is 0 Å². The Morgan fingerprint density at radius 1 is 1.31 bits per heavy atom. The summed E-state index contributed by atoms with van der Waals surface area (Å²) in [5, 5.41) is 8.70. The van der Waals surface area contributed by atoms with Gasteiger partial charge in [0.1, 0.15) is 18.1 Å². The van der Waals surface area contributed by atoms with Crippen molar-refractivity contribution in [2.45, 2.75) is 13.5 Å². The number of methoxy groups -OCH3 is 1. The summed E-state index contributed by atoms with van der Waals surface area (Å²) in [6.45, 7) is 1.99. The summed E-state index contributed by atoms with van der Waals surface area (Å²) in [5.74, 6) is 1.57. The van der Waals surface area contributed by atoms with E-state index in [0.29, 0.717) is 40.2 Å². The summed E-state index contributed by atoms with van der Waals surface area (Å²) in [6, 6.07) is 8.67. The molecule has 0 spiro atoms. The van der Waals surface area contributed by atoms with Crippen LogP contribution in [0, 0.1) is 6.92 Å². The van der Waals surface area contributed by atoms with E-state index in [1.165, 1.54) is 13.2 Å². The van der Waals surface area contributed by atoms with Crippen LogP contribution in [0.5, 0.6) is 11.5 Å². The number of furan rings is 1. The van der Waals surface area contributed by atoms with E-state index in [4.69, 9.17) is 23.4 Å². The van der Waals surface area contributed by atoms with Gasteiger partial charge in [-0.15, -0.1) is 0 Å². The Kier molecular flexibility index (Phi) is 5.07. The number of hydrogen-bond acceptors (Lipinski definition) is 6. The third-order valence-corrected chi connectivity index (χ3v) is 3.60. The number of aromatic nitrogens is 1. The molecule has 7 heteroatoms. The van der Waals surface area contributed by atoms with Crippen LogP contribution in [0.4, 0.5) is 0 Å². The molecule has 3 rings (SSSR count). The fraction of sp³-hybridized carbons (Fsp3) is 0.158. The maximum atomic E-state index is 10.6. The minimum absolute atomic E-state index is 0.191. The predicted octanol–water partition coefficient (Wildman–Crippen LogP) is 3.93. The Morgan fingerprint density at radius 2 is 2.15 bits per heavy atom. The normalized spacial score (nSPS) is 11.0. The average molecular weight is 355 g/mol. The summed E-state index contributed by atoms with van der Waals surface area (Å²) < 4.78 is 22.0. The minimum Gasteiger partial charge on any atom is -0.493 e. The van der Waals surface area contributed by atoms with Gasteiger partial charge in [0.25, 0.3) is 5.89 Å². The second kappa shape index (κ2) is 7.60. The summed E-state index contributed by atoms with van der Waals surface area (Å²) in [4.78, 5) is 15.0. The van der Waals surface area contributed by atoms with E-state index in [0.717, 1.165) is 6.08 Å². The third-order valence-electron chi connectivity index (χ3n) is 3.60. The van der Waals surface area contributed by atoms with Gasteiger partial charge in [-0.1, -0.05) is 6.07 Å². The maximum absolute atomic E-state index is 10.6. The zero-order valence-corrected chi connectivity index (χ0v) is 14.3. The number of rotatable bonds is 7. The summed E-state index contributed by atoms with van der Waals surface area (Å²) in [6.07, 6.45) is 4.09. The van der Waals surface area contributed by atoms with E-state index < -0.39 is 5.97 Å². The average Bonchev–Trinajstić information content (AvgIpc) is 3.28. The van der Waals surface area contributed by atoms with Gasteiger partial charge in [0, 0.05) is 6.08 Å². The number of carboxylic acid groups (broad SMARTS) is 1. The second-order valence-corrected chi connectivity index (χ2v) is 5.37. The van der Waals surface area contributed by atoms with Gasteiger partial charge in [-0.3, -0.25) is 0 Å². The summed E-state index contributed by atoms with van der Waals surface area (Å²) >= 11 is 0. The first-order valence-electron chi connectivity index (χ1n) is 7.79. The van der Waals surface area contributed by atoms with Gasteiger partial charge in [0.15, 0.2) is 17.3 Å². The molecule has 0 bridgehead atoms. The molecule has 2 aromatic heterocycles. The van der Waals surface area contributed by atoms with Crippen molar-refractivity contribution in [3.05, 3.63) is 59.7 Å². The van der Waals surface area contributed by atoms with Crippen LogP contribution in [0.25, 0.3) is 17.7 Å². The Bertz CT molecular complexity index is 924. The van der Waals surface area contributed by atoms with Crippen LogP contribution in [0.2, 0.25) is 0 Å². The maximum Gasteiger partial charge on any atom is 0.328 e. The highest BCUT2D eigenvalue weighted by molar-refractivity contribution is 5.85. The second-order valence-electron chi connectivity index (χ2n) is 5.37. The lowest BCUT2D eigenvalue weighted by atomic mass is 10.2. The Morgan fingerprint density at radius 3 is 2.85 bits per heavy atom. The largest absolute Gasteiger partial charge is 0.493 e. The molecule has 134 valence electrons. The molecule has 0 atom stereocenters. The van der Waals surface area contributed by atoms with Crippen LogP contribution in [0.15, 0.2) is 51.5 Å². The van der Waals surface area contributed by atoms with E-state index in [2.05, 4.69) is 4.98 Å². The molecule has 7 nitrogen and oxygen atoms in total. The van der Waals surface area contributed by atoms with Gasteiger partial charge in [-0.2, -0.15) is 0 Å². The van der Waals surface area contributed by atoms with Crippen LogP contribution in [-0.2, 0) is 11.4 Å². The quantitative estimate of drug-likeness (QED) is 0.642. The Labute approximate surface area is 149 Å². The molecule has 0 unspecified atom stereocenters. The first kappa shape index (κ1) is 17.3. The van der Waals surface area contributed by atoms with E-state index >= 15 is 0 Å². The number of aliphatic carboxylic acids is 1. The first-order chi connectivity index (χ1) is 12.6. The number of oxazole rings is 1. The Hall–Kier alpha value is -3.48. The van der Waals surface area contributed by atoms with Crippen molar-refractivity contribution in [3.63, 3.8) is 0 Å². The molecule has 1 N–H and O–H groups in total. The van der Waals surface area contributed by atoms with Crippen molar-refractivity contribution in [1.29, 1.82) is 0 Å². The van der Waals surface area contributed by atoms with Crippen LogP contribution >= 0.6 is 0 Å². The van der Waals surface area contributed by atoms with Crippen molar-refractivity contribution in [3.8, 4) is 23.1 Å². The van der Waals surface area contributed by atoms with E-state index in [1.54, 1.807) is 43.5 Å². The smallest absolute Gasteiger partial charge is 0.328 e. The highest BCUT2D eigenvalue weighted by Crippen LogP contribution is 2.30. The summed E-state index contributed by atoms with van der Waals surface area (Å²) in [5.41, 5.74) is 1.34. The molecule has 0 saturated carbocycles. The standard InChI is InChI=1S/C19H17NO6/c1-12-14(20-19(26-12)16-4-3-9-24-16)11-25-15-7-5-13(6-8-18(21)22)10-17(15)23-2/h3-10H,11H2,1-2H3,(H,21,22). The lowest BCUT2D eigenvalue weighted by Crippen LogP contribution is -1.99. The van der Waals surface area contributed by atoms with Gasteiger partial charge in [0.05, 0.1) is 13.4 Å². The highest BCUT2D eigenvalue weighted by Gasteiger charge is 2.15. The predicted molar refractivity (Wildman–Crippen MR) is 92.9 cm³/mol. The molecule has 0 radical (unpaired) electrons. The van der Waals surface area contributed by atoms with Gasteiger partial charge in [-0.05, 0) is 42.8 Å². The van der Waals surface area contributed by atoms with Crippen molar-refractivity contribution in [2.24, 2.45) is 0 Å². The molecule has 0 aliphatic heterocycles. The fourth-order valence-electron chi connectivity index (χ4n) is 2.29. The van der Waals surface area contributed by atoms with Crippen molar-refractivity contribution < 1.29 is 28.2 Å². The fourth-order valence-corrected chi connectivity index (χ4v) is 2.29. The monoisotopic (exact) mass is 355 g/mol. The van der Waals surface area contributed by atoms with Crippen LogP contribution < -0.4 is 9.47 Å². The molecule has 1 aromatic carbocycles. The lowest BCUT2D eigenvalue weighted by Gasteiger charge is -2.10. The van der Waals surface area contributed by atoms with Crippen LogP contribution in [0.3, 0.4) is 0 Å². The molecular weight excluding hydrogens is 338 g/mol. The molecule has 0 saturated heterocycles. The molecule has 3 aromatic rings. The highest BCUT2D eigenvalue weighted by atomic mass is 16.5. The molecule has 0 fully saturated rings. The van der Waals surface area contributed by atoms with Gasteiger partial charge in [-0.25, -0.2) is 9.78 Å². The van der Waals surface area contributed by atoms with Crippen molar-refractivity contribution in [1.82, 2.24) is 4.98 Å². The van der Waals surface area contributed by atoms with E-state index in [1.807, 2.05) is 0 Å². The molecular formula is C19H17NO6. The van der Waals surface area contributed by atoms with Gasteiger partial charge < -0.3 is 23.4 Å². The third kappa shape index (κ3) is 3.94. The first-order valence-corrected chi connectivity index (χ1v) is 7.79. The number of aryl methyl sites for hydroxylation is 1. The molecule has 2 heterocycles. The number of hydrogen-bond donors (Lipinski definition) is 1. The van der Waals surface area contributed by atoms with E-state index in [-0.39, 0.29) is 6.61 Å². The SMILES string of the molecule is COc1cc(C=CC(=O)O)ccc1OCc1nc(-c2ccco2)oc1C. The molecule has 0 amide bonds. The number of benzene rings is 1. The van der Waals surface area contributed by atoms with E-state index in [9.17, 15) is 4.79 Å². The molecule has 0 aliphatic rings. The van der Waals surface area contributed by atoms with Crippen molar-refractivity contribution >= 4 is 12.0 Å². The molecule has 0 aliphatic carbocycles. The molecule has 26 heavy (non-hydrogen) atoms. The van der Waals surface area contributed by atoms with Crippen LogP contribution in [-0.4, -0.2) is 23.2 Å². The zero-order valence-electron chi connectivity index (χ0n) is 14.3. The zero-order chi connectivity index (χ0) is 18.5. The summed E-state index contributed by atoms with van der Waals surface area (Å²) in [7, 11) is 1.52. The Balaban J connectivity index is 1.74.